The lowest BCUT2D eigenvalue weighted by Gasteiger charge is -2.21. The van der Waals surface area contributed by atoms with Crippen molar-refractivity contribution in [2.45, 2.75) is 37.6 Å². The second-order valence-corrected chi connectivity index (χ2v) is 4.33. The Morgan fingerprint density at radius 3 is 3.00 bits per heavy atom. The highest BCUT2D eigenvalue weighted by Gasteiger charge is 2.22. The van der Waals surface area contributed by atoms with Crippen LogP contribution in [0.1, 0.15) is 37.3 Å². The van der Waals surface area contributed by atoms with Crippen LogP contribution in [0.3, 0.4) is 0 Å². The Morgan fingerprint density at radius 1 is 1.53 bits per heavy atom. The lowest BCUT2D eigenvalue weighted by Crippen LogP contribution is -2.19. The van der Waals surface area contributed by atoms with Crippen LogP contribution < -0.4 is 0 Å². The van der Waals surface area contributed by atoms with Crippen molar-refractivity contribution in [1.29, 1.82) is 0 Å². The summed E-state index contributed by atoms with van der Waals surface area (Å²) in [6.45, 7) is 4.74. The van der Waals surface area contributed by atoms with Gasteiger partial charge < -0.3 is 9.30 Å². The molecular formula is C10H16BrN3O. The molecule has 1 unspecified atom stereocenters. The van der Waals surface area contributed by atoms with E-state index in [1.165, 1.54) is 6.42 Å². The van der Waals surface area contributed by atoms with Crippen LogP contribution in [-0.4, -0.2) is 28.0 Å². The van der Waals surface area contributed by atoms with Crippen LogP contribution in [0.25, 0.3) is 0 Å². The van der Waals surface area contributed by atoms with Crippen molar-refractivity contribution in [3.63, 3.8) is 0 Å². The molecule has 2 rings (SSSR count). The summed E-state index contributed by atoms with van der Waals surface area (Å²) in [5, 5.41) is 9.24. The zero-order valence-electron chi connectivity index (χ0n) is 8.95. The zero-order chi connectivity index (χ0) is 10.7. The van der Waals surface area contributed by atoms with Gasteiger partial charge in [-0.05, 0) is 19.8 Å². The first-order valence-electron chi connectivity index (χ1n) is 5.42. The molecular weight excluding hydrogens is 258 g/mol. The van der Waals surface area contributed by atoms with Gasteiger partial charge in [-0.2, -0.15) is 0 Å². The van der Waals surface area contributed by atoms with Gasteiger partial charge in [-0.1, -0.05) is 15.9 Å². The van der Waals surface area contributed by atoms with Gasteiger partial charge in [0, 0.05) is 19.1 Å². The second kappa shape index (κ2) is 5.07. The van der Waals surface area contributed by atoms with Crippen LogP contribution in [0.2, 0.25) is 0 Å². The van der Waals surface area contributed by atoms with Gasteiger partial charge in [0.1, 0.15) is 11.6 Å². The molecule has 1 aromatic heterocycles. The Labute approximate surface area is 98.2 Å². The molecule has 84 valence electrons. The van der Waals surface area contributed by atoms with E-state index >= 15 is 0 Å². The third-order valence-electron chi connectivity index (χ3n) is 2.82. The van der Waals surface area contributed by atoms with Crippen LogP contribution >= 0.6 is 15.9 Å². The molecule has 0 spiro atoms. The third-order valence-corrected chi connectivity index (χ3v) is 3.32. The van der Waals surface area contributed by atoms with E-state index in [1.807, 2.05) is 0 Å². The van der Waals surface area contributed by atoms with Gasteiger partial charge in [-0.3, -0.25) is 0 Å². The molecule has 0 bridgehead atoms. The molecule has 15 heavy (non-hydrogen) atoms. The molecule has 2 heterocycles. The third kappa shape index (κ3) is 2.23. The minimum absolute atomic E-state index is 0.430. The Hall–Kier alpha value is -0.420. The predicted octanol–water partition coefficient (Wildman–Crippen LogP) is 2.09. The second-order valence-electron chi connectivity index (χ2n) is 3.77. The standard InChI is InChI=1S/C10H16BrN3O/c1-2-14-9(6-11)12-13-10(14)8-4-3-5-15-7-8/h8H,2-7H2,1H3. The van der Waals surface area contributed by atoms with E-state index in [0.717, 1.165) is 43.2 Å². The summed E-state index contributed by atoms with van der Waals surface area (Å²) in [6, 6.07) is 0. The van der Waals surface area contributed by atoms with E-state index in [1.54, 1.807) is 0 Å². The van der Waals surface area contributed by atoms with Crippen LogP contribution in [0.4, 0.5) is 0 Å². The summed E-state index contributed by atoms with van der Waals surface area (Å²) in [4.78, 5) is 0. The minimum Gasteiger partial charge on any atom is -0.381 e. The van der Waals surface area contributed by atoms with Gasteiger partial charge in [0.05, 0.1) is 11.9 Å². The monoisotopic (exact) mass is 273 g/mol. The Bertz CT molecular complexity index is 320. The number of rotatable bonds is 3. The van der Waals surface area contributed by atoms with E-state index in [0.29, 0.717) is 5.92 Å². The maximum Gasteiger partial charge on any atom is 0.143 e. The molecule has 0 aliphatic carbocycles. The maximum absolute atomic E-state index is 5.49. The van der Waals surface area contributed by atoms with Gasteiger partial charge in [-0.15, -0.1) is 10.2 Å². The van der Waals surface area contributed by atoms with Crippen molar-refractivity contribution in [1.82, 2.24) is 14.8 Å². The predicted molar refractivity (Wildman–Crippen MR) is 61.1 cm³/mol. The minimum atomic E-state index is 0.430. The smallest absolute Gasteiger partial charge is 0.143 e. The van der Waals surface area contributed by atoms with E-state index in [-0.39, 0.29) is 0 Å². The molecule has 0 N–H and O–H groups in total. The van der Waals surface area contributed by atoms with Crippen molar-refractivity contribution in [2.24, 2.45) is 0 Å². The fraction of sp³-hybridized carbons (Fsp3) is 0.800. The normalized spacial score (nSPS) is 21.9. The van der Waals surface area contributed by atoms with Gasteiger partial charge in [0.25, 0.3) is 0 Å². The average Bonchev–Trinajstić information content (AvgIpc) is 2.72. The van der Waals surface area contributed by atoms with E-state index in [4.69, 9.17) is 4.74 Å². The molecule has 4 nitrogen and oxygen atoms in total. The summed E-state index contributed by atoms with van der Waals surface area (Å²) < 4.78 is 7.67. The molecule has 5 heteroatoms. The highest BCUT2D eigenvalue weighted by Crippen LogP contribution is 2.24. The number of ether oxygens (including phenoxy) is 1. The van der Waals surface area contributed by atoms with Crippen LogP contribution in [0.5, 0.6) is 0 Å². The van der Waals surface area contributed by atoms with Gasteiger partial charge >= 0.3 is 0 Å². The molecule has 0 radical (unpaired) electrons. The van der Waals surface area contributed by atoms with Crippen LogP contribution in [0, 0.1) is 0 Å². The zero-order valence-corrected chi connectivity index (χ0v) is 10.5. The topological polar surface area (TPSA) is 39.9 Å². The molecule has 0 aromatic carbocycles. The van der Waals surface area contributed by atoms with Crippen molar-refractivity contribution < 1.29 is 4.74 Å². The quantitative estimate of drug-likeness (QED) is 0.792. The summed E-state index contributed by atoms with van der Waals surface area (Å²) >= 11 is 3.43. The Balaban J connectivity index is 2.22. The number of hydrogen-bond acceptors (Lipinski definition) is 3. The number of alkyl halides is 1. The lowest BCUT2D eigenvalue weighted by molar-refractivity contribution is 0.0769. The van der Waals surface area contributed by atoms with Crippen LogP contribution in [0.15, 0.2) is 0 Å². The van der Waals surface area contributed by atoms with Gasteiger partial charge in [0.2, 0.25) is 0 Å². The molecule has 1 aliphatic rings. The highest BCUT2D eigenvalue weighted by atomic mass is 79.9. The van der Waals surface area contributed by atoms with Crippen molar-refractivity contribution in [2.75, 3.05) is 13.2 Å². The van der Waals surface area contributed by atoms with Crippen molar-refractivity contribution >= 4 is 15.9 Å². The summed E-state index contributed by atoms with van der Waals surface area (Å²) in [5.74, 6) is 2.53. The van der Waals surface area contributed by atoms with E-state index in [2.05, 4.69) is 37.6 Å². The Kier molecular flexibility index (Phi) is 3.75. The number of hydrogen-bond donors (Lipinski definition) is 0. The average molecular weight is 274 g/mol. The lowest BCUT2D eigenvalue weighted by atomic mass is 10.0. The first kappa shape index (κ1) is 11.1. The molecule has 1 aromatic rings. The highest BCUT2D eigenvalue weighted by molar-refractivity contribution is 9.08. The summed E-state index contributed by atoms with van der Waals surface area (Å²) in [7, 11) is 0. The molecule has 1 aliphatic heterocycles. The molecule has 0 saturated carbocycles. The van der Waals surface area contributed by atoms with Crippen LogP contribution in [-0.2, 0) is 16.6 Å². The largest absolute Gasteiger partial charge is 0.381 e. The number of halogens is 1. The first-order valence-corrected chi connectivity index (χ1v) is 6.54. The first-order chi connectivity index (χ1) is 7.36. The number of aromatic nitrogens is 3. The van der Waals surface area contributed by atoms with Crippen molar-refractivity contribution in [3.05, 3.63) is 11.6 Å². The molecule has 1 saturated heterocycles. The molecule has 0 amide bonds. The fourth-order valence-corrected chi connectivity index (χ4v) is 2.45. The van der Waals surface area contributed by atoms with E-state index in [9.17, 15) is 0 Å². The molecule has 1 fully saturated rings. The van der Waals surface area contributed by atoms with Crippen molar-refractivity contribution in [3.8, 4) is 0 Å². The van der Waals surface area contributed by atoms with Gasteiger partial charge in [0.15, 0.2) is 0 Å². The maximum atomic E-state index is 5.49. The fourth-order valence-electron chi connectivity index (χ4n) is 2.04. The van der Waals surface area contributed by atoms with Gasteiger partial charge in [-0.25, -0.2) is 0 Å². The molecule has 1 atom stereocenters. The Morgan fingerprint density at radius 2 is 2.40 bits per heavy atom. The van der Waals surface area contributed by atoms with E-state index < -0.39 is 0 Å². The number of nitrogens with zero attached hydrogens (tertiary/aromatic N) is 3. The summed E-state index contributed by atoms with van der Waals surface area (Å²) in [6.07, 6.45) is 2.30. The summed E-state index contributed by atoms with van der Waals surface area (Å²) in [5.41, 5.74) is 0. The SMILES string of the molecule is CCn1c(CBr)nnc1C1CCCOC1.